The molecule has 0 spiro atoms. The van der Waals surface area contributed by atoms with E-state index in [0.717, 1.165) is 113 Å². The first kappa shape index (κ1) is 51.9. The lowest BCUT2D eigenvalue weighted by Crippen LogP contribution is -2.50. The third kappa shape index (κ3) is 15.9. The molecule has 0 bridgehead atoms. The van der Waals surface area contributed by atoms with Crippen LogP contribution in [0.2, 0.25) is 0 Å². The van der Waals surface area contributed by atoms with E-state index in [4.69, 9.17) is 0 Å². The molecule has 11 atom stereocenters. The van der Waals surface area contributed by atoms with Crippen molar-refractivity contribution in [3.63, 3.8) is 0 Å². The Morgan fingerprint density at radius 1 is 0.481 bits per heavy atom. The van der Waals surface area contributed by atoms with Gasteiger partial charge >= 0.3 is 0 Å². The van der Waals surface area contributed by atoms with Crippen LogP contribution >= 0.6 is 0 Å². The summed E-state index contributed by atoms with van der Waals surface area (Å²) in [5.74, 6) is 14.0. The molecule has 0 aromatic carbocycles. The Kier molecular flexibility index (Phi) is 24.3. The number of likely N-dealkylation sites (tertiary alicyclic amines) is 2. The normalized spacial score (nSPS) is 34.3. The van der Waals surface area contributed by atoms with Crippen LogP contribution in [0, 0.1) is 94.7 Å². The van der Waals surface area contributed by atoms with Crippen LogP contribution in [0.4, 0.5) is 0 Å². The van der Waals surface area contributed by atoms with Crippen molar-refractivity contribution in [2.45, 2.75) is 182 Å². The van der Waals surface area contributed by atoms with Crippen LogP contribution in [0.5, 0.6) is 0 Å². The quantitative estimate of drug-likeness (QED) is 0.245. The van der Waals surface area contributed by atoms with Crippen LogP contribution in [0.1, 0.15) is 164 Å². The number of hydrogen-bond acceptors (Lipinski definition) is 4. The fraction of sp³-hybridized carbons (Fsp3) is 1.00. The molecule has 0 aromatic heterocycles. The van der Waals surface area contributed by atoms with Crippen molar-refractivity contribution in [3.8, 4) is 0 Å². The van der Waals surface area contributed by atoms with Gasteiger partial charge in [-0.05, 0) is 187 Å². The van der Waals surface area contributed by atoms with Gasteiger partial charge in [-0.1, -0.05) is 118 Å². The Morgan fingerprint density at radius 3 is 1.31 bits per heavy atom. The van der Waals surface area contributed by atoms with Crippen molar-refractivity contribution in [1.29, 1.82) is 0 Å². The molecule has 324 valence electrons. The molecule has 54 heavy (non-hydrogen) atoms. The van der Waals surface area contributed by atoms with Gasteiger partial charge < -0.3 is 20.4 Å². The average molecular weight is 761 g/mol. The standard InChI is InChI=1S/C14H29N.C13H27N.C12H25N.C11H23N/c1-7-13-14(11(4)5)12(10(2)3)8-9-15(13)6;1-9(2)12-7-8-14(6)11(5)13(12)10(3)4;1-8(2)11-6-10(5)13-7-12(11)9(3)4;1-8(2)10-5-6-12-7-11(10)9(3)4/h10-14H,7-9H2,1-6H3;9-13H,7-8H2,1-6H3;8-13H,6-7H2,1-5H3;8-12H,5-7H2,1-4H3. The predicted octanol–water partition coefficient (Wildman–Crippen LogP) is 12.3. The molecule has 4 aliphatic rings. The largest absolute Gasteiger partial charge is 0.316 e. The molecule has 4 aliphatic heterocycles. The lowest BCUT2D eigenvalue weighted by atomic mass is 9.68. The van der Waals surface area contributed by atoms with E-state index in [1.54, 1.807) is 0 Å². The van der Waals surface area contributed by atoms with Gasteiger partial charge in [0.25, 0.3) is 0 Å². The molecule has 0 radical (unpaired) electrons. The molecule has 4 saturated heterocycles. The topological polar surface area (TPSA) is 30.5 Å². The van der Waals surface area contributed by atoms with Crippen molar-refractivity contribution in [2.75, 3.05) is 46.8 Å². The van der Waals surface area contributed by atoms with E-state index in [1.807, 2.05) is 0 Å². The molecule has 0 aromatic rings. The molecule has 4 rings (SSSR count). The van der Waals surface area contributed by atoms with Crippen LogP contribution in [0.25, 0.3) is 0 Å². The lowest BCUT2D eigenvalue weighted by Gasteiger charge is -2.47. The minimum absolute atomic E-state index is 0.724. The van der Waals surface area contributed by atoms with Gasteiger partial charge in [0.05, 0.1) is 0 Å². The van der Waals surface area contributed by atoms with Crippen molar-refractivity contribution >= 4 is 0 Å². The average Bonchev–Trinajstić information content (AvgIpc) is 3.09. The third-order valence-corrected chi connectivity index (χ3v) is 15.4. The van der Waals surface area contributed by atoms with Crippen LogP contribution in [-0.2, 0) is 0 Å². The Hall–Kier alpha value is -0.160. The molecule has 4 fully saturated rings. The number of hydrogen-bond donors (Lipinski definition) is 2. The summed E-state index contributed by atoms with van der Waals surface area (Å²) in [7, 11) is 4.58. The van der Waals surface area contributed by atoms with Crippen LogP contribution in [-0.4, -0.2) is 74.7 Å². The Morgan fingerprint density at radius 2 is 0.907 bits per heavy atom. The fourth-order valence-electron chi connectivity index (χ4n) is 11.9. The minimum atomic E-state index is 0.724. The number of nitrogens with one attached hydrogen (secondary N) is 2. The van der Waals surface area contributed by atoms with E-state index in [0.29, 0.717) is 0 Å². The second-order valence-electron chi connectivity index (χ2n) is 21.9. The Bertz CT molecular complexity index is 921. The second-order valence-corrected chi connectivity index (χ2v) is 21.9. The number of piperidine rings is 4. The zero-order valence-electron chi connectivity index (χ0n) is 40.9. The lowest BCUT2D eigenvalue weighted by molar-refractivity contribution is 0.0174. The second kappa shape index (κ2) is 25.4. The van der Waals surface area contributed by atoms with Crippen LogP contribution in [0.15, 0.2) is 0 Å². The van der Waals surface area contributed by atoms with E-state index >= 15 is 0 Å². The summed E-state index contributed by atoms with van der Waals surface area (Å²) in [6.45, 7) is 51.4. The summed E-state index contributed by atoms with van der Waals surface area (Å²) in [5, 5.41) is 7.10. The van der Waals surface area contributed by atoms with Crippen molar-refractivity contribution in [1.82, 2.24) is 20.4 Å². The van der Waals surface area contributed by atoms with E-state index in [-0.39, 0.29) is 0 Å². The zero-order chi connectivity index (χ0) is 41.6. The molecule has 0 aliphatic carbocycles. The van der Waals surface area contributed by atoms with Gasteiger partial charge in [0.15, 0.2) is 0 Å². The molecule has 4 nitrogen and oxygen atoms in total. The molecule has 2 N–H and O–H groups in total. The van der Waals surface area contributed by atoms with E-state index in [1.165, 1.54) is 64.8 Å². The first-order chi connectivity index (χ1) is 25.1. The number of nitrogens with zero attached hydrogens (tertiary/aromatic N) is 2. The molecule has 0 amide bonds. The Labute approximate surface area is 342 Å². The van der Waals surface area contributed by atoms with Gasteiger partial charge in [0.1, 0.15) is 0 Å². The summed E-state index contributed by atoms with van der Waals surface area (Å²) in [6.07, 6.45) is 6.83. The maximum absolute atomic E-state index is 3.60. The maximum Gasteiger partial charge on any atom is 0.0123 e. The zero-order valence-corrected chi connectivity index (χ0v) is 40.9. The van der Waals surface area contributed by atoms with Crippen molar-refractivity contribution < 1.29 is 0 Å². The summed E-state index contributed by atoms with van der Waals surface area (Å²) < 4.78 is 0. The fourth-order valence-corrected chi connectivity index (χ4v) is 11.9. The highest BCUT2D eigenvalue weighted by Gasteiger charge is 2.39. The minimum Gasteiger partial charge on any atom is -0.316 e. The molecule has 4 heterocycles. The summed E-state index contributed by atoms with van der Waals surface area (Å²) >= 11 is 0. The van der Waals surface area contributed by atoms with Gasteiger partial charge in [-0.3, -0.25) is 0 Å². The molecule has 0 saturated carbocycles. The van der Waals surface area contributed by atoms with Gasteiger partial charge in [-0.15, -0.1) is 0 Å². The van der Waals surface area contributed by atoms with Crippen LogP contribution in [0.3, 0.4) is 0 Å². The van der Waals surface area contributed by atoms with Gasteiger partial charge in [-0.25, -0.2) is 0 Å². The SMILES string of the molecule is CC(C)C1CCN(C)C(C)C1C(C)C.CC(C)C1CCNCC1C(C)C.CC1CC(C(C)C)C(C(C)C)CN1.CCC1C(C(C)C)C(C(C)C)CCN1C. The molecule has 11 unspecified atom stereocenters. The third-order valence-electron chi connectivity index (χ3n) is 15.4. The summed E-state index contributed by atoms with van der Waals surface area (Å²) in [4.78, 5) is 5.12. The van der Waals surface area contributed by atoms with Gasteiger partial charge in [0, 0.05) is 18.1 Å². The highest BCUT2D eigenvalue weighted by molar-refractivity contribution is 4.91. The Balaban J connectivity index is 0.000000361. The molecular formula is C50H104N4. The highest BCUT2D eigenvalue weighted by atomic mass is 15.1. The molecular weight excluding hydrogens is 657 g/mol. The molecule has 4 heteroatoms. The van der Waals surface area contributed by atoms with Crippen LogP contribution < -0.4 is 10.6 Å². The van der Waals surface area contributed by atoms with Crippen molar-refractivity contribution in [2.24, 2.45) is 94.7 Å². The summed E-state index contributed by atoms with van der Waals surface area (Å²) in [5.41, 5.74) is 0. The first-order valence-electron chi connectivity index (χ1n) is 23.9. The van der Waals surface area contributed by atoms with E-state index < -0.39 is 0 Å². The van der Waals surface area contributed by atoms with Gasteiger partial charge in [0.2, 0.25) is 0 Å². The van der Waals surface area contributed by atoms with E-state index in [2.05, 4.69) is 166 Å². The van der Waals surface area contributed by atoms with Gasteiger partial charge in [-0.2, -0.15) is 0 Å². The van der Waals surface area contributed by atoms with Crippen molar-refractivity contribution in [3.05, 3.63) is 0 Å². The predicted molar refractivity (Wildman–Crippen MR) is 244 cm³/mol. The smallest absolute Gasteiger partial charge is 0.0123 e. The number of rotatable bonds is 9. The highest BCUT2D eigenvalue weighted by Crippen LogP contribution is 2.40. The monoisotopic (exact) mass is 761 g/mol. The summed E-state index contributed by atoms with van der Waals surface area (Å²) in [6, 6.07) is 2.30. The first-order valence-corrected chi connectivity index (χ1v) is 23.9. The van der Waals surface area contributed by atoms with E-state index in [9.17, 15) is 0 Å². The maximum atomic E-state index is 3.60.